The normalized spacial score (nSPS) is 12.6. The lowest BCUT2D eigenvalue weighted by atomic mass is 9.96. The van der Waals surface area contributed by atoms with Crippen LogP contribution in [-0.2, 0) is 0 Å². The lowest BCUT2D eigenvalue weighted by Gasteiger charge is -2.16. The molecule has 4 heteroatoms. The molecule has 2 nitrogen and oxygen atoms in total. The van der Waals surface area contributed by atoms with E-state index in [9.17, 15) is 4.39 Å². The molecule has 1 heterocycles. The third-order valence-electron chi connectivity index (χ3n) is 3.33. The van der Waals surface area contributed by atoms with Gasteiger partial charge in [0.05, 0.1) is 16.6 Å². The van der Waals surface area contributed by atoms with Gasteiger partial charge in [0.1, 0.15) is 5.82 Å². The Bertz CT molecular complexity index is 768. The Morgan fingerprint density at radius 3 is 2.60 bits per heavy atom. The van der Waals surface area contributed by atoms with Gasteiger partial charge in [0.2, 0.25) is 0 Å². The molecular formula is C16H12ClFN2. The fourth-order valence-electron chi connectivity index (χ4n) is 2.33. The molecular weight excluding hydrogens is 275 g/mol. The highest BCUT2D eigenvalue weighted by Crippen LogP contribution is 2.31. The van der Waals surface area contributed by atoms with Crippen LogP contribution in [0.5, 0.6) is 0 Å². The van der Waals surface area contributed by atoms with E-state index in [4.69, 9.17) is 17.3 Å². The van der Waals surface area contributed by atoms with Crippen molar-refractivity contribution in [2.45, 2.75) is 6.04 Å². The van der Waals surface area contributed by atoms with Gasteiger partial charge in [-0.25, -0.2) is 4.39 Å². The van der Waals surface area contributed by atoms with E-state index in [-0.39, 0.29) is 5.02 Å². The third kappa shape index (κ3) is 2.15. The van der Waals surface area contributed by atoms with Crippen LogP contribution < -0.4 is 5.73 Å². The fourth-order valence-corrected chi connectivity index (χ4v) is 2.57. The molecule has 3 aromatic rings. The van der Waals surface area contributed by atoms with Gasteiger partial charge in [-0.2, -0.15) is 0 Å². The van der Waals surface area contributed by atoms with Crippen molar-refractivity contribution in [3.8, 4) is 0 Å². The van der Waals surface area contributed by atoms with Crippen molar-refractivity contribution in [2.75, 3.05) is 0 Å². The van der Waals surface area contributed by atoms with Crippen LogP contribution in [0.3, 0.4) is 0 Å². The van der Waals surface area contributed by atoms with Crippen LogP contribution in [0.2, 0.25) is 5.02 Å². The molecule has 20 heavy (non-hydrogen) atoms. The van der Waals surface area contributed by atoms with Gasteiger partial charge in [-0.1, -0.05) is 41.9 Å². The second-order valence-electron chi connectivity index (χ2n) is 4.54. The van der Waals surface area contributed by atoms with Crippen LogP contribution in [0, 0.1) is 5.82 Å². The van der Waals surface area contributed by atoms with Crippen LogP contribution in [0.15, 0.2) is 54.7 Å². The Balaban J connectivity index is 2.18. The number of hydrogen-bond acceptors (Lipinski definition) is 2. The predicted molar refractivity (Wildman–Crippen MR) is 79.2 cm³/mol. The van der Waals surface area contributed by atoms with Crippen molar-refractivity contribution in [1.29, 1.82) is 0 Å². The highest BCUT2D eigenvalue weighted by Gasteiger charge is 2.17. The summed E-state index contributed by atoms with van der Waals surface area (Å²) in [5, 5.41) is 1.02. The van der Waals surface area contributed by atoms with Gasteiger partial charge in [-0.15, -0.1) is 0 Å². The second-order valence-corrected chi connectivity index (χ2v) is 4.92. The highest BCUT2D eigenvalue weighted by molar-refractivity contribution is 6.31. The van der Waals surface area contributed by atoms with E-state index in [0.29, 0.717) is 5.56 Å². The van der Waals surface area contributed by atoms with E-state index in [1.807, 2.05) is 30.3 Å². The molecule has 0 aliphatic heterocycles. The standard InChI is InChI=1S/C16H12ClFN2/c17-15-12(5-1-7-13(15)18)16(19)11-4-2-8-14-10(11)6-3-9-20-14/h1-9,16H,19H2. The monoisotopic (exact) mass is 286 g/mol. The molecule has 0 amide bonds. The number of pyridine rings is 1. The highest BCUT2D eigenvalue weighted by atomic mass is 35.5. The zero-order valence-corrected chi connectivity index (χ0v) is 11.3. The summed E-state index contributed by atoms with van der Waals surface area (Å²) in [5.74, 6) is -0.460. The number of aromatic nitrogens is 1. The summed E-state index contributed by atoms with van der Waals surface area (Å²) < 4.78 is 13.6. The van der Waals surface area contributed by atoms with E-state index in [0.717, 1.165) is 16.5 Å². The Morgan fingerprint density at radius 2 is 1.75 bits per heavy atom. The molecule has 1 atom stereocenters. The van der Waals surface area contributed by atoms with Crippen molar-refractivity contribution in [2.24, 2.45) is 5.73 Å². The summed E-state index contributed by atoms with van der Waals surface area (Å²) in [5.41, 5.74) is 8.58. The molecule has 0 saturated carbocycles. The third-order valence-corrected chi connectivity index (χ3v) is 3.73. The van der Waals surface area contributed by atoms with Crippen LogP contribution in [0.1, 0.15) is 17.2 Å². The van der Waals surface area contributed by atoms with Crippen LogP contribution in [0.25, 0.3) is 10.9 Å². The van der Waals surface area contributed by atoms with Crippen molar-refractivity contribution >= 4 is 22.5 Å². The molecule has 0 fully saturated rings. The van der Waals surface area contributed by atoms with Crippen molar-refractivity contribution in [1.82, 2.24) is 4.98 Å². The average molecular weight is 287 g/mol. The summed E-state index contributed by atoms with van der Waals surface area (Å²) in [7, 11) is 0. The first kappa shape index (κ1) is 13.0. The van der Waals surface area contributed by atoms with E-state index < -0.39 is 11.9 Å². The summed E-state index contributed by atoms with van der Waals surface area (Å²) in [6, 6.07) is 13.7. The summed E-state index contributed by atoms with van der Waals surface area (Å²) in [6.45, 7) is 0. The molecule has 100 valence electrons. The predicted octanol–water partition coefficient (Wildman–Crippen LogP) is 4.08. The summed E-state index contributed by atoms with van der Waals surface area (Å²) in [6.07, 6.45) is 1.73. The molecule has 0 radical (unpaired) electrons. The lowest BCUT2D eigenvalue weighted by Crippen LogP contribution is -2.13. The SMILES string of the molecule is NC(c1cccc(F)c1Cl)c1cccc2ncccc12. The topological polar surface area (TPSA) is 38.9 Å². The maximum Gasteiger partial charge on any atom is 0.142 e. The first-order valence-electron chi connectivity index (χ1n) is 6.21. The van der Waals surface area contributed by atoms with Gasteiger partial charge in [0, 0.05) is 11.6 Å². The van der Waals surface area contributed by atoms with Crippen LogP contribution >= 0.6 is 11.6 Å². The minimum Gasteiger partial charge on any atom is -0.320 e. The average Bonchev–Trinajstić information content (AvgIpc) is 2.49. The van der Waals surface area contributed by atoms with E-state index in [1.54, 1.807) is 18.3 Å². The Labute approximate surface area is 121 Å². The molecule has 1 aromatic heterocycles. The van der Waals surface area contributed by atoms with Crippen molar-refractivity contribution in [3.05, 3.63) is 76.7 Å². The number of nitrogens with two attached hydrogens (primary N) is 1. The Hall–Kier alpha value is -1.97. The Kier molecular flexibility index (Phi) is 3.38. The zero-order valence-electron chi connectivity index (χ0n) is 10.6. The molecule has 2 aromatic carbocycles. The molecule has 0 saturated heterocycles. The van der Waals surface area contributed by atoms with Gasteiger partial charge in [0.25, 0.3) is 0 Å². The first-order chi connectivity index (χ1) is 9.68. The number of fused-ring (bicyclic) bond motifs is 1. The smallest absolute Gasteiger partial charge is 0.142 e. The maximum absolute atomic E-state index is 13.6. The minimum atomic E-state index is -0.494. The molecule has 0 aliphatic carbocycles. The lowest BCUT2D eigenvalue weighted by molar-refractivity contribution is 0.624. The van der Waals surface area contributed by atoms with Crippen LogP contribution in [-0.4, -0.2) is 4.98 Å². The number of hydrogen-bond donors (Lipinski definition) is 1. The molecule has 1 unspecified atom stereocenters. The molecule has 2 N–H and O–H groups in total. The fraction of sp³-hybridized carbons (Fsp3) is 0.0625. The molecule has 0 bridgehead atoms. The van der Waals surface area contributed by atoms with Gasteiger partial charge >= 0.3 is 0 Å². The second kappa shape index (κ2) is 5.19. The van der Waals surface area contributed by atoms with E-state index >= 15 is 0 Å². The molecule has 0 spiro atoms. The summed E-state index contributed by atoms with van der Waals surface area (Å²) >= 11 is 6.02. The maximum atomic E-state index is 13.6. The number of rotatable bonds is 2. The number of nitrogens with zero attached hydrogens (tertiary/aromatic N) is 1. The largest absolute Gasteiger partial charge is 0.320 e. The molecule has 0 aliphatic rings. The minimum absolute atomic E-state index is 0.0703. The zero-order chi connectivity index (χ0) is 14.1. The van der Waals surface area contributed by atoms with E-state index in [1.165, 1.54) is 6.07 Å². The summed E-state index contributed by atoms with van der Waals surface area (Å²) in [4.78, 5) is 4.30. The quantitative estimate of drug-likeness (QED) is 0.771. The number of halogens is 2. The molecule has 3 rings (SSSR count). The van der Waals surface area contributed by atoms with E-state index in [2.05, 4.69) is 4.98 Å². The number of benzene rings is 2. The van der Waals surface area contributed by atoms with Gasteiger partial charge in [-0.05, 0) is 29.3 Å². The van der Waals surface area contributed by atoms with Crippen LogP contribution in [0.4, 0.5) is 4.39 Å². The van der Waals surface area contributed by atoms with Gasteiger partial charge in [0.15, 0.2) is 0 Å². The van der Waals surface area contributed by atoms with Crippen molar-refractivity contribution in [3.63, 3.8) is 0 Å². The Morgan fingerprint density at radius 1 is 1.00 bits per heavy atom. The van der Waals surface area contributed by atoms with Gasteiger partial charge in [-0.3, -0.25) is 4.98 Å². The van der Waals surface area contributed by atoms with Crippen molar-refractivity contribution < 1.29 is 4.39 Å². The first-order valence-corrected chi connectivity index (χ1v) is 6.59. The van der Waals surface area contributed by atoms with Gasteiger partial charge < -0.3 is 5.73 Å².